The number of hydrogen-bond acceptors (Lipinski definition) is 7. The topological polar surface area (TPSA) is 144 Å². The van der Waals surface area contributed by atoms with E-state index in [2.05, 4.69) is 20.8 Å². The van der Waals surface area contributed by atoms with Gasteiger partial charge in [-0.2, -0.15) is 13.2 Å². The fraction of sp³-hybridized carbons (Fsp3) is 0.242. The number of amides is 2. The Morgan fingerprint density at radius 1 is 1.02 bits per heavy atom. The van der Waals surface area contributed by atoms with E-state index in [-0.39, 0.29) is 39.9 Å². The van der Waals surface area contributed by atoms with Crippen LogP contribution in [0.2, 0.25) is 0 Å². The molecule has 2 amide bonds. The molecule has 0 radical (unpaired) electrons. The van der Waals surface area contributed by atoms with Gasteiger partial charge in [0.1, 0.15) is 23.6 Å². The Kier molecular flexibility index (Phi) is 8.45. The minimum absolute atomic E-state index is 0.00133. The maximum absolute atomic E-state index is 14.8. The Morgan fingerprint density at radius 3 is 2.46 bits per heavy atom. The average Bonchev–Trinajstić information content (AvgIpc) is 3.78. The first-order valence-corrected chi connectivity index (χ1v) is 14.5. The first-order valence-electron chi connectivity index (χ1n) is 14.5. The lowest BCUT2D eigenvalue weighted by atomic mass is 9.83. The van der Waals surface area contributed by atoms with Crippen LogP contribution in [0.1, 0.15) is 44.8 Å². The van der Waals surface area contributed by atoms with Crippen LogP contribution in [-0.4, -0.2) is 46.2 Å². The first kappa shape index (κ1) is 32.3. The van der Waals surface area contributed by atoms with Gasteiger partial charge in [0.15, 0.2) is 5.69 Å². The molecule has 2 aliphatic rings. The van der Waals surface area contributed by atoms with Crippen molar-refractivity contribution in [2.75, 3.05) is 12.4 Å². The summed E-state index contributed by atoms with van der Waals surface area (Å²) in [6.45, 7) is 0. The summed E-state index contributed by atoms with van der Waals surface area (Å²) >= 11 is 0. The lowest BCUT2D eigenvalue weighted by molar-refractivity contribution is -0.140. The Labute approximate surface area is 268 Å². The number of halogens is 5. The number of anilines is 1. The molecule has 48 heavy (non-hydrogen) atoms. The van der Waals surface area contributed by atoms with E-state index >= 15 is 0 Å². The highest BCUT2D eigenvalue weighted by molar-refractivity contribution is 5.98. The van der Waals surface area contributed by atoms with Crippen molar-refractivity contribution in [1.29, 1.82) is 0 Å². The molecule has 0 spiro atoms. The van der Waals surface area contributed by atoms with Gasteiger partial charge >= 0.3 is 12.1 Å². The number of aromatic nitrogens is 2. The summed E-state index contributed by atoms with van der Waals surface area (Å²) in [4.78, 5) is 43.4. The summed E-state index contributed by atoms with van der Waals surface area (Å²) in [5.74, 6) is -6.88. The smallest absolute Gasteiger partial charge is 0.419 e. The number of hydrogen-bond donors (Lipinski definition) is 3. The van der Waals surface area contributed by atoms with Crippen LogP contribution in [0.3, 0.4) is 0 Å². The van der Waals surface area contributed by atoms with Crippen molar-refractivity contribution in [3.63, 3.8) is 0 Å². The SMILES string of the molecule is COc1ccc(-c2cc(C(=O)O)ccc2F)nc1C(=O)N[C@@H]1C2CCC(/C2=C/c2cnoc2)[C@@H]1C(=O)Nc1ccc(F)c(C(F)(F)F)c1. The van der Waals surface area contributed by atoms with Crippen LogP contribution < -0.4 is 15.4 Å². The Morgan fingerprint density at radius 2 is 1.77 bits per heavy atom. The molecule has 3 N–H and O–H groups in total. The molecule has 15 heteroatoms. The van der Waals surface area contributed by atoms with Crippen molar-refractivity contribution in [3.05, 3.63) is 101 Å². The van der Waals surface area contributed by atoms with Crippen molar-refractivity contribution in [3.8, 4) is 17.0 Å². The van der Waals surface area contributed by atoms with Crippen LogP contribution in [0.25, 0.3) is 17.3 Å². The third-order valence-corrected chi connectivity index (χ3v) is 8.61. The third-order valence-electron chi connectivity index (χ3n) is 8.61. The predicted molar refractivity (Wildman–Crippen MR) is 159 cm³/mol. The van der Waals surface area contributed by atoms with E-state index in [0.29, 0.717) is 30.5 Å². The molecule has 4 atom stereocenters. The second kappa shape index (κ2) is 12.5. The van der Waals surface area contributed by atoms with Gasteiger partial charge in [-0.05, 0) is 67.3 Å². The number of aromatic carboxylic acids is 1. The molecule has 6 rings (SSSR count). The van der Waals surface area contributed by atoms with Crippen molar-refractivity contribution < 1.29 is 50.7 Å². The van der Waals surface area contributed by atoms with Gasteiger partial charge in [-0.25, -0.2) is 18.6 Å². The molecule has 2 fully saturated rings. The first-order chi connectivity index (χ1) is 22.8. The van der Waals surface area contributed by atoms with Gasteiger partial charge in [0.2, 0.25) is 5.91 Å². The standard InChI is InChI=1S/C33H25F5N4O6/c1-47-26-9-8-25(21-11-16(32(45)46)2-6-23(21)34)41-29(26)31(44)42-28-19-5-4-18(20(19)10-15-13-39-48-14-15)27(28)30(43)40-17-3-7-24(35)22(12-17)33(36,37)38/h2-3,6-14,18-19,27-28H,4-5H2,1H3,(H,40,43)(H,42,44)(H,45,46)/b20-10-/t18?,19?,27-,28+/m0/s1. The van der Waals surface area contributed by atoms with Gasteiger partial charge < -0.3 is 25.0 Å². The zero-order valence-electron chi connectivity index (χ0n) is 24.8. The van der Waals surface area contributed by atoms with Gasteiger partial charge in [0.25, 0.3) is 5.91 Å². The Bertz CT molecular complexity index is 1950. The number of pyridine rings is 1. The summed E-state index contributed by atoms with van der Waals surface area (Å²) in [6, 6.07) is 7.07. The van der Waals surface area contributed by atoms with E-state index < -0.39 is 59.0 Å². The minimum Gasteiger partial charge on any atom is -0.494 e. The molecule has 0 aliphatic heterocycles. The summed E-state index contributed by atoms with van der Waals surface area (Å²) < 4.78 is 79.1. The van der Waals surface area contributed by atoms with E-state index in [4.69, 9.17) is 9.26 Å². The third kappa shape index (κ3) is 6.10. The number of methoxy groups -OCH3 is 1. The molecule has 2 bridgehead atoms. The van der Waals surface area contributed by atoms with Crippen LogP contribution in [0.4, 0.5) is 27.6 Å². The van der Waals surface area contributed by atoms with E-state index in [0.717, 1.165) is 29.8 Å². The van der Waals surface area contributed by atoms with E-state index in [9.17, 15) is 41.4 Å². The van der Waals surface area contributed by atoms with Gasteiger partial charge in [0.05, 0.1) is 36.0 Å². The van der Waals surface area contributed by atoms with E-state index in [1.165, 1.54) is 31.7 Å². The normalized spacial score (nSPS) is 20.9. The van der Waals surface area contributed by atoms with E-state index in [1.54, 1.807) is 6.08 Å². The molecule has 4 aromatic rings. The average molecular weight is 669 g/mol. The van der Waals surface area contributed by atoms with Gasteiger partial charge in [-0.3, -0.25) is 9.59 Å². The number of carboxylic acids is 1. The fourth-order valence-corrected chi connectivity index (χ4v) is 6.51. The monoisotopic (exact) mass is 668 g/mol. The number of nitrogens with one attached hydrogen (secondary N) is 2. The number of rotatable bonds is 8. The number of carbonyl (C=O) groups excluding carboxylic acids is 2. The van der Waals surface area contributed by atoms with Gasteiger partial charge in [0, 0.05) is 28.8 Å². The van der Waals surface area contributed by atoms with Crippen LogP contribution in [0, 0.1) is 29.4 Å². The molecule has 2 unspecified atom stereocenters. The number of carbonyl (C=O) groups is 3. The van der Waals surface area contributed by atoms with Crippen molar-refractivity contribution in [2.24, 2.45) is 17.8 Å². The molecule has 2 saturated carbocycles. The van der Waals surface area contributed by atoms with Gasteiger partial charge in [-0.15, -0.1) is 0 Å². The second-order valence-electron chi connectivity index (χ2n) is 11.3. The second-order valence-corrected chi connectivity index (χ2v) is 11.3. The van der Waals surface area contributed by atoms with Crippen molar-refractivity contribution in [2.45, 2.75) is 25.1 Å². The highest BCUT2D eigenvalue weighted by atomic mass is 19.4. The number of benzene rings is 2. The van der Waals surface area contributed by atoms with Crippen molar-refractivity contribution in [1.82, 2.24) is 15.5 Å². The van der Waals surface area contributed by atoms with Crippen LogP contribution >= 0.6 is 0 Å². The molecule has 248 valence electrons. The molecule has 10 nitrogen and oxygen atoms in total. The van der Waals surface area contributed by atoms with Crippen LogP contribution in [0.5, 0.6) is 5.75 Å². The molecule has 2 aromatic carbocycles. The largest absolute Gasteiger partial charge is 0.494 e. The summed E-state index contributed by atoms with van der Waals surface area (Å²) in [5.41, 5.74) is -1.17. The number of carboxylic acid groups (broad SMARTS) is 1. The molecule has 2 aliphatic carbocycles. The van der Waals surface area contributed by atoms with Crippen LogP contribution in [-0.2, 0) is 11.0 Å². The lowest BCUT2D eigenvalue weighted by Crippen LogP contribution is -2.48. The molecule has 2 heterocycles. The van der Waals surface area contributed by atoms with Gasteiger partial charge in [-0.1, -0.05) is 16.8 Å². The molecular formula is C33H25F5N4O6. The summed E-state index contributed by atoms with van der Waals surface area (Å²) in [6.07, 6.45) is 0.721. The zero-order chi connectivity index (χ0) is 34.3. The molecule has 2 aromatic heterocycles. The highest BCUT2D eigenvalue weighted by Crippen LogP contribution is 2.53. The number of fused-ring (bicyclic) bond motifs is 2. The fourth-order valence-electron chi connectivity index (χ4n) is 6.51. The Balaban J connectivity index is 1.35. The zero-order valence-corrected chi connectivity index (χ0v) is 24.8. The number of alkyl halides is 3. The quantitative estimate of drug-likeness (QED) is 0.188. The van der Waals surface area contributed by atoms with Crippen molar-refractivity contribution >= 4 is 29.5 Å². The Hall–Kier alpha value is -5.60. The predicted octanol–water partition coefficient (Wildman–Crippen LogP) is 6.22. The maximum Gasteiger partial charge on any atom is 0.419 e. The summed E-state index contributed by atoms with van der Waals surface area (Å²) in [5, 5.41) is 18.4. The maximum atomic E-state index is 14.8. The molecule has 0 saturated heterocycles. The highest BCUT2D eigenvalue weighted by Gasteiger charge is 2.55. The van der Waals surface area contributed by atoms with Crippen LogP contribution in [0.15, 0.2) is 71.1 Å². The molecular weight excluding hydrogens is 643 g/mol. The minimum atomic E-state index is -5.00. The number of nitrogens with zero attached hydrogens (tertiary/aromatic N) is 2. The number of ether oxygens (including phenoxy) is 1. The summed E-state index contributed by atoms with van der Waals surface area (Å²) in [7, 11) is 1.28. The lowest BCUT2D eigenvalue weighted by Gasteiger charge is -2.30. The van der Waals surface area contributed by atoms with E-state index in [1.807, 2.05) is 0 Å².